The summed E-state index contributed by atoms with van der Waals surface area (Å²) >= 11 is 0. The monoisotopic (exact) mass is 471 g/mol. The molecule has 1 fully saturated rings. The Labute approximate surface area is 193 Å². The first-order valence-corrected chi connectivity index (χ1v) is 12.5. The van der Waals surface area contributed by atoms with Crippen LogP contribution in [0.15, 0.2) is 50.5 Å². The molecule has 0 saturated carbocycles. The lowest BCUT2D eigenvalue weighted by Crippen LogP contribution is -2.42. The van der Waals surface area contributed by atoms with E-state index in [1.807, 2.05) is 39.8 Å². The minimum atomic E-state index is -3.71. The van der Waals surface area contributed by atoms with E-state index in [9.17, 15) is 18.0 Å². The predicted molar refractivity (Wildman–Crippen MR) is 127 cm³/mol. The largest absolute Gasteiger partial charge is 0.420 e. The molecular weight excluding hydrogens is 442 g/mol. The predicted octanol–water partition coefficient (Wildman–Crippen LogP) is 3.52. The molecule has 3 aromatic rings. The van der Waals surface area contributed by atoms with E-state index in [1.54, 1.807) is 6.07 Å². The molecular formula is C24H29N3O5S. The number of anilines is 1. The third-order valence-electron chi connectivity index (χ3n) is 6.29. The topological polar surface area (TPSA) is 102 Å². The summed E-state index contributed by atoms with van der Waals surface area (Å²) in [5.41, 5.74) is 3.18. The molecule has 1 aromatic heterocycles. The number of benzene rings is 2. The maximum atomic E-state index is 13.2. The number of aromatic nitrogens is 1. The summed E-state index contributed by atoms with van der Waals surface area (Å²) in [4.78, 5) is 25.2. The average Bonchev–Trinajstić information content (AvgIpc) is 3.05. The molecule has 1 aliphatic rings. The number of nitrogens with one attached hydrogen (secondary N) is 1. The van der Waals surface area contributed by atoms with E-state index in [1.165, 1.54) is 27.1 Å². The van der Waals surface area contributed by atoms with Gasteiger partial charge in [-0.15, -0.1) is 0 Å². The molecule has 2 aromatic carbocycles. The van der Waals surface area contributed by atoms with E-state index in [2.05, 4.69) is 5.32 Å². The van der Waals surface area contributed by atoms with Gasteiger partial charge in [0.15, 0.2) is 5.58 Å². The number of nitrogens with zero attached hydrogens (tertiary/aromatic N) is 2. The molecule has 0 aliphatic carbocycles. The zero-order valence-electron chi connectivity index (χ0n) is 19.3. The number of fused-ring (bicyclic) bond motifs is 1. The number of carbonyl (C=O) groups excluding carboxylic acids is 1. The number of sulfonamides is 1. The number of hydrogen-bond acceptors (Lipinski definition) is 5. The van der Waals surface area contributed by atoms with Gasteiger partial charge < -0.3 is 9.73 Å². The number of carbonyl (C=O) groups is 1. The molecule has 2 heterocycles. The first-order valence-electron chi connectivity index (χ1n) is 11.1. The fourth-order valence-corrected chi connectivity index (χ4v) is 6.22. The Morgan fingerprint density at radius 1 is 1.12 bits per heavy atom. The summed E-state index contributed by atoms with van der Waals surface area (Å²) in [6.45, 7) is 8.65. The molecule has 0 radical (unpaired) electrons. The number of rotatable bonds is 5. The summed E-state index contributed by atoms with van der Waals surface area (Å²) in [7, 11) is -3.71. The van der Waals surface area contributed by atoms with Crippen LogP contribution in [-0.4, -0.2) is 36.3 Å². The number of amides is 1. The molecule has 33 heavy (non-hydrogen) atoms. The average molecular weight is 472 g/mol. The van der Waals surface area contributed by atoms with E-state index in [0.717, 1.165) is 17.5 Å². The molecule has 8 nitrogen and oxygen atoms in total. The van der Waals surface area contributed by atoms with Gasteiger partial charge in [0, 0.05) is 24.8 Å². The van der Waals surface area contributed by atoms with Crippen LogP contribution in [0.3, 0.4) is 0 Å². The highest BCUT2D eigenvalue weighted by Crippen LogP contribution is 2.28. The Hall–Kier alpha value is -2.91. The lowest BCUT2D eigenvalue weighted by atomic mass is 9.94. The molecule has 9 heteroatoms. The molecule has 1 N–H and O–H groups in total. The first kappa shape index (κ1) is 23.3. The molecule has 1 aliphatic heterocycles. The third-order valence-corrected chi connectivity index (χ3v) is 8.12. The maximum Gasteiger partial charge on any atom is 0.420 e. The van der Waals surface area contributed by atoms with E-state index >= 15 is 0 Å². The van der Waals surface area contributed by atoms with Crippen molar-refractivity contribution in [3.8, 4) is 0 Å². The standard InChI is InChI=1S/C24H29N3O5S/c1-15-10-16(2)13-26(12-15)33(30,31)19-8-9-21-22(11-19)32-24(29)27(21)14-23(28)25-20-7-5-6-17(3)18(20)4/h5-9,11,15-16H,10,12-14H2,1-4H3,(H,25,28)/t15-,16+. The Kier molecular flexibility index (Phi) is 6.20. The summed E-state index contributed by atoms with van der Waals surface area (Å²) in [6, 6.07) is 9.97. The van der Waals surface area contributed by atoms with Crippen molar-refractivity contribution in [2.24, 2.45) is 11.8 Å². The van der Waals surface area contributed by atoms with Crippen molar-refractivity contribution in [3.05, 3.63) is 58.1 Å². The van der Waals surface area contributed by atoms with Crippen molar-refractivity contribution in [1.82, 2.24) is 8.87 Å². The first-order chi connectivity index (χ1) is 15.6. The van der Waals surface area contributed by atoms with Gasteiger partial charge in [0.25, 0.3) is 0 Å². The molecule has 4 rings (SSSR count). The third kappa shape index (κ3) is 4.60. The van der Waals surface area contributed by atoms with Crippen molar-refractivity contribution in [2.75, 3.05) is 18.4 Å². The normalized spacial score (nSPS) is 19.6. The summed E-state index contributed by atoms with van der Waals surface area (Å²) in [5, 5.41) is 2.83. The minimum Gasteiger partial charge on any atom is -0.408 e. The maximum absolute atomic E-state index is 13.2. The number of aryl methyl sites for hydroxylation is 1. The van der Waals surface area contributed by atoms with Crippen LogP contribution < -0.4 is 11.1 Å². The van der Waals surface area contributed by atoms with Crippen LogP contribution in [0.4, 0.5) is 5.69 Å². The highest BCUT2D eigenvalue weighted by Gasteiger charge is 2.32. The molecule has 176 valence electrons. The molecule has 1 saturated heterocycles. The minimum absolute atomic E-state index is 0.0806. The van der Waals surface area contributed by atoms with Crippen molar-refractivity contribution in [1.29, 1.82) is 0 Å². The van der Waals surface area contributed by atoms with Crippen LogP contribution in [0.25, 0.3) is 11.1 Å². The van der Waals surface area contributed by atoms with Crippen molar-refractivity contribution in [2.45, 2.75) is 45.6 Å². The van der Waals surface area contributed by atoms with Crippen LogP contribution in [0, 0.1) is 25.7 Å². The van der Waals surface area contributed by atoms with Gasteiger partial charge in [-0.25, -0.2) is 13.2 Å². The lowest BCUT2D eigenvalue weighted by Gasteiger charge is -2.34. The molecule has 0 unspecified atom stereocenters. The highest BCUT2D eigenvalue weighted by molar-refractivity contribution is 7.89. The van der Waals surface area contributed by atoms with Crippen molar-refractivity contribution < 1.29 is 17.6 Å². The zero-order chi connectivity index (χ0) is 23.9. The molecule has 1 amide bonds. The fourth-order valence-electron chi connectivity index (χ4n) is 4.53. The fraction of sp³-hybridized carbons (Fsp3) is 0.417. The van der Waals surface area contributed by atoms with Gasteiger partial charge in [0.05, 0.1) is 10.4 Å². The molecule has 2 atom stereocenters. The van der Waals surface area contributed by atoms with Gasteiger partial charge in [-0.2, -0.15) is 4.31 Å². The van der Waals surface area contributed by atoms with Crippen LogP contribution in [0.2, 0.25) is 0 Å². The number of piperidine rings is 1. The van der Waals surface area contributed by atoms with Gasteiger partial charge in [-0.1, -0.05) is 26.0 Å². The van der Waals surface area contributed by atoms with E-state index in [-0.39, 0.29) is 34.8 Å². The second-order valence-electron chi connectivity index (χ2n) is 9.15. The van der Waals surface area contributed by atoms with Crippen molar-refractivity contribution >= 4 is 32.7 Å². The van der Waals surface area contributed by atoms with Crippen LogP contribution >= 0.6 is 0 Å². The van der Waals surface area contributed by atoms with Gasteiger partial charge in [-0.3, -0.25) is 9.36 Å². The van der Waals surface area contributed by atoms with Crippen LogP contribution in [0.1, 0.15) is 31.4 Å². The smallest absolute Gasteiger partial charge is 0.408 e. The second-order valence-corrected chi connectivity index (χ2v) is 11.1. The Morgan fingerprint density at radius 2 is 1.82 bits per heavy atom. The quantitative estimate of drug-likeness (QED) is 0.614. The van der Waals surface area contributed by atoms with Crippen molar-refractivity contribution in [3.63, 3.8) is 0 Å². The van der Waals surface area contributed by atoms with Gasteiger partial charge >= 0.3 is 5.76 Å². The van der Waals surface area contributed by atoms with Crippen LogP contribution in [-0.2, 0) is 21.4 Å². The van der Waals surface area contributed by atoms with E-state index in [4.69, 9.17) is 4.42 Å². The zero-order valence-corrected chi connectivity index (χ0v) is 20.1. The van der Waals surface area contributed by atoms with Crippen LogP contribution in [0.5, 0.6) is 0 Å². The van der Waals surface area contributed by atoms with Gasteiger partial charge in [-0.05, 0) is 61.4 Å². The van der Waals surface area contributed by atoms with E-state index in [0.29, 0.717) is 24.3 Å². The van der Waals surface area contributed by atoms with Gasteiger partial charge in [0.2, 0.25) is 15.9 Å². The summed E-state index contributed by atoms with van der Waals surface area (Å²) < 4.78 is 34.4. The summed E-state index contributed by atoms with van der Waals surface area (Å²) in [6.07, 6.45) is 0.993. The Bertz CT molecular complexity index is 1360. The molecule has 0 spiro atoms. The second kappa shape index (κ2) is 8.79. The lowest BCUT2D eigenvalue weighted by molar-refractivity contribution is -0.116. The highest BCUT2D eigenvalue weighted by atomic mass is 32.2. The summed E-state index contributed by atoms with van der Waals surface area (Å²) in [5.74, 6) is -0.527. The number of oxazole rings is 1. The Morgan fingerprint density at radius 3 is 2.52 bits per heavy atom. The number of hydrogen-bond donors (Lipinski definition) is 1. The SMILES string of the molecule is Cc1cccc(NC(=O)Cn2c(=O)oc3cc(S(=O)(=O)N4C[C@H](C)C[C@H](C)C4)ccc32)c1C. The molecule has 0 bridgehead atoms. The van der Waals surface area contributed by atoms with Gasteiger partial charge in [0.1, 0.15) is 6.54 Å². The van der Waals surface area contributed by atoms with E-state index < -0.39 is 15.8 Å². The Balaban J connectivity index is 1.59.